The molecule has 0 aromatic heterocycles. The Balaban J connectivity index is 1.47. The number of esters is 1. The third kappa shape index (κ3) is 3.03. The smallest absolute Gasteiger partial charge is 0.338 e. The van der Waals surface area contributed by atoms with Crippen molar-refractivity contribution in [3.8, 4) is 0 Å². The molecule has 1 aromatic carbocycles. The lowest BCUT2D eigenvalue weighted by atomic mass is 9.43. The summed E-state index contributed by atoms with van der Waals surface area (Å²) in [5.41, 5.74) is -1.12. The first kappa shape index (κ1) is 26.4. The summed E-state index contributed by atoms with van der Waals surface area (Å²) in [6.45, 7) is 4.48. The minimum absolute atomic E-state index is 0.0199. The van der Waals surface area contributed by atoms with Crippen LogP contribution in [0.15, 0.2) is 30.3 Å². The van der Waals surface area contributed by atoms with Gasteiger partial charge in [0.1, 0.15) is 5.60 Å². The van der Waals surface area contributed by atoms with Gasteiger partial charge in [-0.3, -0.25) is 4.90 Å². The van der Waals surface area contributed by atoms with Crippen LogP contribution in [0.3, 0.4) is 0 Å². The quantitative estimate of drug-likeness (QED) is 0.508. The average Bonchev–Trinajstić information content (AvgIpc) is 3.35. The third-order valence-electron chi connectivity index (χ3n) is 12.4. The van der Waals surface area contributed by atoms with Crippen molar-refractivity contribution in [1.29, 1.82) is 0 Å². The Bertz CT molecular complexity index is 1120. The number of ether oxygens (including phenoxy) is 4. The van der Waals surface area contributed by atoms with Crippen LogP contribution in [0.5, 0.6) is 0 Å². The van der Waals surface area contributed by atoms with Crippen molar-refractivity contribution in [3.63, 3.8) is 0 Å². The van der Waals surface area contributed by atoms with Gasteiger partial charge in [-0.15, -0.1) is 0 Å². The number of hydrogen-bond acceptors (Lipinski definition) is 8. The summed E-state index contributed by atoms with van der Waals surface area (Å²) in [6, 6.07) is 9.13. The van der Waals surface area contributed by atoms with E-state index in [4.69, 9.17) is 18.9 Å². The zero-order valence-electron chi connectivity index (χ0n) is 23.5. The van der Waals surface area contributed by atoms with Gasteiger partial charge >= 0.3 is 5.97 Å². The first-order chi connectivity index (χ1) is 18.8. The number of likely N-dealkylation sites (tertiary alicyclic amines) is 1. The number of fused-ring (bicyclic) bond motifs is 2. The molecule has 214 valence electrons. The van der Waals surface area contributed by atoms with Gasteiger partial charge < -0.3 is 29.2 Å². The van der Waals surface area contributed by atoms with E-state index in [1.54, 1.807) is 33.5 Å². The van der Waals surface area contributed by atoms with Crippen LogP contribution in [0.1, 0.15) is 43.0 Å². The second-order valence-corrected chi connectivity index (χ2v) is 13.3. The summed E-state index contributed by atoms with van der Waals surface area (Å²) in [7, 11) is 5.25. The van der Waals surface area contributed by atoms with Crippen molar-refractivity contribution in [2.75, 3.05) is 41.0 Å². The highest BCUT2D eigenvalue weighted by atomic mass is 16.6. The highest BCUT2D eigenvalue weighted by Gasteiger charge is 2.87. The Hall–Kier alpha value is -1.55. The monoisotopic (exact) mass is 541 g/mol. The number of piperidine rings is 1. The molecule has 13 atom stereocenters. The van der Waals surface area contributed by atoms with E-state index >= 15 is 0 Å². The molecule has 39 heavy (non-hydrogen) atoms. The van der Waals surface area contributed by atoms with Gasteiger partial charge in [0.15, 0.2) is 0 Å². The fraction of sp³-hybridized carbons (Fsp3) is 0.774. The van der Waals surface area contributed by atoms with Gasteiger partial charge in [0.2, 0.25) is 0 Å². The molecule has 7 bridgehead atoms. The Labute approximate surface area is 230 Å². The zero-order chi connectivity index (χ0) is 27.3. The maximum atomic E-state index is 13.9. The molecule has 13 unspecified atom stereocenters. The number of carbonyl (C=O) groups excluding carboxylic acids is 1. The van der Waals surface area contributed by atoms with Crippen LogP contribution in [0, 0.1) is 40.4 Å². The number of nitrogens with zero attached hydrogens (tertiary/aromatic N) is 1. The van der Waals surface area contributed by atoms with E-state index in [1.165, 1.54) is 0 Å². The van der Waals surface area contributed by atoms with Gasteiger partial charge in [0, 0.05) is 74.8 Å². The fourth-order valence-corrected chi connectivity index (χ4v) is 11.6. The van der Waals surface area contributed by atoms with Gasteiger partial charge in [0.25, 0.3) is 0 Å². The molecule has 6 fully saturated rings. The van der Waals surface area contributed by atoms with Crippen LogP contribution < -0.4 is 0 Å². The molecule has 6 aliphatic rings. The summed E-state index contributed by atoms with van der Waals surface area (Å²) < 4.78 is 25.3. The van der Waals surface area contributed by atoms with Crippen molar-refractivity contribution < 1.29 is 34.0 Å². The number of aliphatic hydroxyl groups is 2. The molecule has 0 radical (unpaired) electrons. The summed E-state index contributed by atoms with van der Waals surface area (Å²) in [4.78, 5) is 16.4. The van der Waals surface area contributed by atoms with E-state index < -0.39 is 23.2 Å². The van der Waals surface area contributed by atoms with E-state index in [-0.39, 0.29) is 59.2 Å². The molecule has 8 heteroatoms. The Morgan fingerprint density at radius 3 is 2.54 bits per heavy atom. The van der Waals surface area contributed by atoms with Crippen molar-refractivity contribution in [2.45, 2.75) is 68.7 Å². The molecule has 8 nitrogen and oxygen atoms in total. The van der Waals surface area contributed by atoms with Crippen LogP contribution in [0.4, 0.5) is 0 Å². The van der Waals surface area contributed by atoms with Gasteiger partial charge in [-0.2, -0.15) is 0 Å². The molecule has 1 aromatic rings. The molecular formula is C31H43NO7. The van der Waals surface area contributed by atoms with E-state index in [9.17, 15) is 15.0 Å². The van der Waals surface area contributed by atoms with Crippen molar-refractivity contribution >= 4 is 5.97 Å². The normalized spacial score (nSPS) is 51.1. The third-order valence-corrected chi connectivity index (χ3v) is 12.4. The molecule has 7 rings (SSSR count). The summed E-state index contributed by atoms with van der Waals surface area (Å²) in [5, 5.41) is 24.2. The number of aliphatic hydroxyl groups excluding tert-OH is 2. The lowest BCUT2D eigenvalue weighted by molar-refractivity contribution is -0.271. The molecule has 5 saturated carbocycles. The Morgan fingerprint density at radius 2 is 1.87 bits per heavy atom. The average molecular weight is 542 g/mol. The van der Waals surface area contributed by atoms with Crippen LogP contribution in [0.25, 0.3) is 0 Å². The summed E-state index contributed by atoms with van der Waals surface area (Å²) >= 11 is 0. The fourth-order valence-electron chi connectivity index (χ4n) is 11.6. The van der Waals surface area contributed by atoms with Crippen molar-refractivity contribution in [1.82, 2.24) is 4.90 Å². The van der Waals surface area contributed by atoms with E-state index in [0.717, 1.165) is 25.9 Å². The second kappa shape index (κ2) is 8.97. The number of rotatable bonds is 7. The first-order valence-electron chi connectivity index (χ1n) is 14.8. The van der Waals surface area contributed by atoms with E-state index in [2.05, 4.69) is 11.8 Å². The predicted octanol–water partition coefficient (Wildman–Crippen LogP) is 2.37. The molecule has 1 aliphatic heterocycles. The van der Waals surface area contributed by atoms with Crippen LogP contribution in [-0.2, 0) is 18.9 Å². The lowest BCUT2D eigenvalue weighted by Gasteiger charge is -2.69. The maximum Gasteiger partial charge on any atom is 0.338 e. The van der Waals surface area contributed by atoms with E-state index in [0.29, 0.717) is 25.0 Å². The predicted molar refractivity (Wildman–Crippen MR) is 142 cm³/mol. The van der Waals surface area contributed by atoms with Gasteiger partial charge in [-0.25, -0.2) is 4.79 Å². The molecule has 0 amide bonds. The van der Waals surface area contributed by atoms with Gasteiger partial charge in [-0.05, 0) is 43.9 Å². The largest absolute Gasteiger partial charge is 0.454 e. The maximum absolute atomic E-state index is 13.9. The number of methoxy groups -OCH3 is 3. The highest BCUT2D eigenvalue weighted by molar-refractivity contribution is 5.89. The number of carbonyl (C=O) groups is 1. The minimum atomic E-state index is -0.977. The van der Waals surface area contributed by atoms with Gasteiger partial charge in [-0.1, -0.05) is 25.1 Å². The summed E-state index contributed by atoms with van der Waals surface area (Å²) in [6.07, 6.45) is 1.19. The number of hydrogen-bond donors (Lipinski definition) is 2. The molecule has 1 spiro atoms. The van der Waals surface area contributed by atoms with Crippen LogP contribution >= 0.6 is 0 Å². The molecule has 5 aliphatic carbocycles. The van der Waals surface area contributed by atoms with Crippen molar-refractivity contribution in [3.05, 3.63) is 35.9 Å². The molecule has 2 N–H and O–H groups in total. The van der Waals surface area contributed by atoms with Gasteiger partial charge in [0.05, 0.1) is 36.6 Å². The molecular weight excluding hydrogens is 498 g/mol. The molecule has 1 heterocycles. The first-order valence-corrected chi connectivity index (χ1v) is 14.8. The van der Waals surface area contributed by atoms with E-state index in [1.807, 2.05) is 18.2 Å². The lowest BCUT2D eigenvalue weighted by Crippen LogP contribution is -2.76. The molecule has 1 saturated heterocycles. The van der Waals surface area contributed by atoms with Crippen molar-refractivity contribution in [2.24, 2.45) is 40.4 Å². The zero-order valence-corrected chi connectivity index (χ0v) is 23.5. The van der Waals surface area contributed by atoms with Crippen LogP contribution in [-0.4, -0.2) is 98.2 Å². The van der Waals surface area contributed by atoms with Crippen LogP contribution in [0.2, 0.25) is 0 Å². The Kier molecular flexibility index (Phi) is 6.06. The highest BCUT2D eigenvalue weighted by Crippen LogP contribution is 2.79. The second-order valence-electron chi connectivity index (χ2n) is 13.3. The topological polar surface area (TPSA) is 97.7 Å². The summed E-state index contributed by atoms with van der Waals surface area (Å²) in [5.74, 6) is -0.883. The standard InChI is InChI=1S/C31H43NO7/c1-5-32-15-29(16-36-2)12-11-21(33)31-19-13-18-20(37-3)14-30(22(19)24(18)34,23(27(31)32)25(38-4)26(29)31)39-28(35)17-9-7-6-8-10-17/h6-10,18-27,33-34H,5,11-16H2,1-4H3. The minimum Gasteiger partial charge on any atom is -0.454 e. The number of benzene rings is 1. The SMILES string of the molecule is CCN1CC2(COC)CCC(O)C34C5CC6C(OC)CC(OC(=O)c7ccccc7)(C5C6O)C(C(OC)C23)C14. The Morgan fingerprint density at radius 1 is 1.10 bits per heavy atom.